The van der Waals surface area contributed by atoms with E-state index in [0.29, 0.717) is 0 Å². The Kier molecular flexibility index (Phi) is 6.14. The van der Waals surface area contributed by atoms with E-state index >= 15 is 0 Å². The summed E-state index contributed by atoms with van der Waals surface area (Å²) in [5.41, 5.74) is 0. The second-order valence-corrected chi connectivity index (χ2v) is 5.19. The molecule has 0 aliphatic carbocycles. The molecule has 0 N–H and O–H groups in total. The summed E-state index contributed by atoms with van der Waals surface area (Å²) in [6.45, 7) is 7.43. The molecule has 0 aromatic carbocycles. The van der Waals surface area contributed by atoms with Crippen molar-refractivity contribution >= 4 is 17.9 Å². The Morgan fingerprint density at radius 1 is 0.905 bits per heavy atom. The summed E-state index contributed by atoms with van der Waals surface area (Å²) in [6.07, 6.45) is -2.36. The lowest BCUT2D eigenvalue weighted by Gasteiger charge is -2.43. The third-order valence-corrected chi connectivity index (χ3v) is 3.39. The van der Waals surface area contributed by atoms with Crippen LogP contribution in [-0.2, 0) is 33.3 Å². The van der Waals surface area contributed by atoms with Crippen LogP contribution in [0.4, 0.5) is 0 Å². The molecular formula is C14H22O7. The molecule has 1 aliphatic rings. The molecule has 1 aliphatic heterocycles. The second kappa shape index (κ2) is 7.40. The summed E-state index contributed by atoms with van der Waals surface area (Å²) >= 11 is 0. The zero-order valence-corrected chi connectivity index (χ0v) is 13.0. The van der Waals surface area contributed by atoms with Crippen molar-refractivity contribution in [2.45, 2.75) is 59.0 Å². The van der Waals surface area contributed by atoms with Gasteiger partial charge in [0.2, 0.25) is 0 Å². The van der Waals surface area contributed by atoms with Gasteiger partial charge in [-0.25, -0.2) is 0 Å². The molecule has 0 aromatic rings. The summed E-state index contributed by atoms with van der Waals surface area (Å²) < 4.78 is 21.2. The van der Waals surface area contributed by atoms with Crippen LogP contribution in [-0.4, -0.2) is 48.9 Å². The molecule has 7 heteroatoms. The molecule has 5 atom stereocenters. The zero-order valence-electron chi connectivity index (χ0n) is 13.0. The Hall–Kier alpha value is -1.63. The van der Waals surface area contributed by atoms with Gasteiger partial charge in [-0.05, 0) is 6.92 Å². The van der Waals surface area contributed by atoms with Gasteiger partial charge in [0.1, 0.15) is 18.8 Å². The fourth-order valence-electron chi connectivity index (χ4n) is 2.29. The highest BCUT2D eigenvalue weighted by molar-refractivity contribution is 5.67. The molecule has 0 saturated carbocycles. The molecule has 0 amide bonds. The molecule has 0 aromatic heterocycles. The van der Waals surface area contributed by atoms with E-state index in [1.165, 1.54) is 20.8 Å². The van der Waals surface area contributed by atoms with Crippen LogP contribution >= 0.6 is 0 Å². The summed E-state index contributed by atoms with van der Waals surface area (Å²) in [7, 11) is 0. The number of rotatable bonds is 4. The van der Waals surface area contributed by atoms with Gasteiger partial charge >= 0.3 is 17.9 Å². The van der Waals surface area contributed by atoms with E-state index in [1.54, 1.807) is 0 Å². The van der Waals surface area contributed by atoms with Crippen LogP contribution in [0.1, 0.15) is 34.6 Å². The average Bonchev–Trinajstić information content (AvgIpc) is 2.35. The second-order valence-electron chi connectivity index (χ2n) is 5.19. The largest absolute Gasteiger partial charge is 0.463 e. The number of carbonyl (C=O) groups is 3. The molecular weight excluding hydrogens is 280 g/mol. The normalized spacial score (nSPS) is 32.1. The summed E-state index contributed by atoms with van der Waals surface area (Å²) in [4.78, 5) is 33.5. The maximum Gasteiger partial charge on any atom is 0.303 e. The minimum atomic E-state index is -0.808. The van der Waals surface area contributed by atoms with Crippen LogP contribution in [0, 0.1) is 5.92 Å². The smallest absolute Gasteiger partial charge is 0.303 e. The molecule has 0 radical (unpaired) electrons. The molecule has 120 valence electrons. The first-order chi connectivity index (χ1) is 9.72. The first-order valence-electron chi connectivity index (χ1n) is 6.85. The van der Waals surface area contributed by atoms with Crippen molar-refractivity contribution in [3.8, 4) is 0 Å². The molecule has 1 rings (SSSR count). The minimum absolute atomic E-state index is 0.0674. The molecule has 1 fully saturated rings. The standard InChI is InChI=1S/C14H22O7/c1-7-8(2)19-12(6-18-9(3)15)14(21-11(5)17)13(7)20-10(4)16/h7-8,12-14H,6H2,1-5H3/t7-,8-,12+,13+,14-/m0/s1. The SMILES string of the molecule is CC(=O)OC[C@H]1O[C@@H](C)[C@H](C)[C@@H](OC(C)=O)[C@H]1OC(C)=O. The number of esters is 3. The third kappa shape index (κ3) is 5.00. The fourth-order valence-corrected chi connectivity index (χ4v) is 2.29. The van der Waals surface area contributed by atoms with E-state index in [-0.39, 0.29) is 18.6 Å². The maximum absolute atomic E-state index is 11.3. The van der Waals surface area contributed by atoms with Crippen LogP contribution in [0.3, 0.4) is 0 Å². The van der Waals surface area contributed by atoms with E-state index in [2.05, 4.69) is 0 Å². The van der Waals surface area contributed by atoms with Gasteiger partial charge in [0.15, 0.2) is 6.10 Å². The Morgan fingerprint density at radius 3 is 1.90 bits per heavy atom. The van der Waals surface area contributed by atoms with Crippen molar-refractivity contribution in [2.24, 2.45) is 5.92 Å². The van der Waals surface area contributed by atoms with Crippen LogP contribution in [0.15, 0.2) is 0 Å². The topological polar surface area (TPSA) is 88.1 Å². The van der Waals surface area contributed by atoms with Crippen molar-refractivity contribution in [2.75, 3.05) is 6.61 Å². The highest BCUT2D eigenvalue weighted by Crippen LogP contribution is 2.30. The Labute approximate surface area is 123 Å². The fraction of sp³-hybridized carbons (Fsp3) is 0.786. The molecule has 0 bridgehead atoms. The first-order valence-corrected chi connectivity index (χ1v) is 6.85. The van der Waals surface area contributed by atoms with Gasteiger partial charge < -0.3 is 18.9 Å². The van der Waals surface area contributed by atoms with Gasteiger partial charge in [0.25, 0.3) is 0 Å². The Balaban J connectivity index is 2.94. The number of hydrogen-bond acceptors (Lipinski definition) is 7. The highest BCUT2D eigenvalue weighted by atomic mass is 16.6. The van der Waals surface area contributed by atoms with E-state index in [9.17, 15) is 14.4 Å². The van der Waals surface area contributed by atoms with E-state index in [4.69, 9.17) is 18.9 Å². The molecule has 1 heterocycles. The molecule has 1 saturated heterocycles. The molecule has 21 heavy (non-hydrogen) atoms. The number of ether oxygens (including phenoxy) is 4. The third-order valence-electron chi connectivity index (χ3n) is 3.39. The quantitative estimate of drug-likeness (QED) is 0.561. The predicted molar refractivity (Wildman–Crippen MR) is 71.2 cm³/mol. The Morgan fingerprint density at radius 2 is 1.43 bits per heavy atom. The maximum atomic E-state index is 11.3. The van der Waals surface area contributed by atoms with Gasteiger partial charge in [-0.3, -0.25) is 14.4 Å². The van der Waals surface area contributed by atoms with Gasteiger partial charge in [-0.1, -0.05) is 6.92 Å². The van der Waals surface area contributed by atoms with Crippen LogP contribution in [0.2, 0.25) is 0 Å². The number of hydrogen-bond donors (Lipinski definition) is 0. The zero-order chi connectivity index (χ0) is 16.2. The molecule has 0 unspecified atom stereocenters. The van der Waals surface area contributed by atoms with E-state index in [1.807, 2.05) is 13.8 Å². The Bertz CT molecular complexity index is 406. The lowest BCUT2D eigenvalue weighted by Crippen LogP contribution is -2.57. The first kappa shape index (κ1) is 17.4. The predicted octanol–water partition coefficient (Wildman–Crippen LogP) is 0.836. The number of carbonyl (C=O) groups excluding carboxylic acids is 3. The van der Waals surface area contributed by atoms with Gasteiger partial charge in [0.05, 0.1) is 6.10 Å². The van der Waals surface area contributed by atoms with Crippen molar-refractivity contribution in [1.29, 1.82) is 0 Å². The van der Waals surface area contributed by atoms with Crippen LogP contribution in [0.5, 0.6) is 0 Å². The van der Waals surface area contributed by atoms with Gasteiger partial charge in [-0.2, -0.15) is 0 Å². The van der Waals surface area contributed by atoms with Gasteiger partial charge in [0, 0.05) is 26.7 Å². The lowest BCUT2D eigenvalue weighted by atomic mass is 9.88. The van der Waals surface area contributed by atoms with E-state index < -0.39 is 36.2 Å². The lowest BCUT2D eigenvalue weighted by molar-refractivity contribution is -0.228. The van der Waals surface area contributed by atoms with Crippen molar-refractivity contribution in [1.82, 2.24) is 0 Å². The van der Waals surface area contributed by atoms with Crippen molar-refractivity contribution in [3.63, 3.8) is 0 Å². The molecule has 0 spiro atoms. The van der Waals surface area contributed by atoms with Crippen molar-refractivity contribution < 1.29 is 33.3 Å². The van der Waals surface area contributed by atoms with E-state index in [0.717, 1.165) is 0 Å². The van der Waals surface area contributed by atoms with Crippen molar-refractivity contribution in [3.05, 3.63) is 0 Å². The highest BCUT2D eigenvalue weighted by Gasteiger charge is 2.46. The van der Waals surface area contributed by atoms with Crippen LogP contribution < -0.4 is 0 Å². The average molecular weight is 302 g/mol. The summed E-state index contributed by atoms with van der Waals surface area (Å²) in [5, 5.41) is 0. The van der Waals surface area contributed by atoms with Gasteiger partial charge in [-0.15, -0.1) is 0 Å². The summed E-state index contributed by atoms with van der Waals surface area (Å²) in [6, 6.07) is 0. The van der Waals surface area contributed by atoms with Crippen LogP contribution in [0.25, 0.3) is 0 Å². The summed E-state index contributed by atoms with van der Waals surface area (Å²) in [5.74, 6) is -1.61. The minimum Gasteiger partial charge on any atom is -0.463 e. The monoisotopic (exact) mass is 302 g/mol. The molecule has 7 nitrogen and oxygen atoms in total.